The van der Waals surface area contributed by atoms with Crippen LogP contribution in [0, 0.1) is 5.92 Å². The molecule has 1 aliphatic heterocycles. The maximum atomic E-state index is 10.1. The van der Waals surface area contributed by atoms with Gasteiger partial charge in [0.25, 0.3) is 0 Å². The van der Waals surface area contributed by atoms with E-state index in [1.165, 1.54) is 0 Å². The monoisotopic (exact) mass is 294 g/mol. The second kappa shape index (κ2) is 7.00. The fourth-order valence-corrected chi connectivity index (χ4v) is 3.02. The summed E-state index contributed by atoms with van der Waals surface area (Å²) in [4.78, 5) is 2.22. The lowest BCUT2D eigenvalue weighted by molar-refractivity contribution is 0.0902. The van der Waals surface area contributed by atoms with E-state index in [0.717, 1.165) is 31.6 Å². The average molecular weight is 294 g/mol. The van der Waals surface area contributed by atoms with E-state index >= 15 is 0 Å². The van der Waals surface area contributed by atoms with E-state index < -0.39 is 0 Å². The van der Waals surface area contributed by atoms with Crippen LogP contribution in [0.15, 0.2) is 18.2 Å². The maximum absolute atomic E-state index is 10.1. The number of piperidine rings is 1. The van der Waals surface area contributed by atoms with E-state index in [0.29, 0.717) is 11.5 Å². The van der Waals surface area contributed by atoms with Crippen molar-refractivity contribution in [3.63, 3.8) is 0 Å². The molecule has 0 amide bonds. The molecule has 1 saturated heterocycles. The molecular weight excluding hydrogens is 268 g/mol. The Morgan fingerprint density at radius 2 is 2.00 bits per heavy atom. The zero-order valence-electron chi connectivity index (χ0n) is 13.1. The smallest absolute Gasteiger partial charge is 0.162 e. The molecule has 3 atom stereocenters. The number of methoxy groups -OCH3 is 2. The minimum Gasteiger partial charge on any atom is -0.493 e. The van der Waals surface area contributed by atoms with E-state index in [2.05, 4.69) is 4.90 Å². The highest BCUT2D eigenvalue weighted by molar-refractivity contribution is 5.56. The molecule has 1 aromatic carbocycles. The molecule has 0 bridgehead atoms. The summed E-state index contributed by atoms with van der Waals surface area (Å²) < 4.78 is 10.6. The number of nitrogens with zero attached hydrogens (tertiary/aromatic N) is 1. The van der Waals surface area contributed by atoms with Gasteiger partial charge in [-0.05, 0) is 25.0 Å². The normalized spacial score (nSPS) is 23.8. The van der Waals surface area contributed by atoms with Gasteiger partial charge in [0.05, 0.1) is 20.3 Å². The van der Waals surface area contributed by atoms with E-state index in [-0.39, 0.29) is 18.1 Å². The van der Waals surface area contributed by atoms with Crippen molar-refractivity contribution in [2.24, 2.45) is 11.7 Å². The van der Waals surface area contributed by atoms with Gasteiger partial charge in [0.1, 0.15) is 0 Å². The first kappa shape index (κ1) is 15.9. The number of rotatable bonds is 5. The molecule has 0 aliphatic carbocycles. The van der Waals surface area contributed by atoms with Crippen molar-refractivity contribution in [2.75, 3.05) is 32.2 Å². The summed E-state index contributed by atoms with van der Waals surface area (Å²) in [6, 6.07) is 5.96. The molecule has 0 saturated carbocycles. The first-order valence-corrected chi connectivity index (χ1v) is 7.49. The lowest BCUT2D eigenvalue weighted by Crippen LogP contribution is -2.50. The first-order chi connectivity index (χ1) is 10.1. The van der Waals surface area contributed by atoms with Gasteiger partial charge in [0.2, 0.25) is 0 Å². The molecule has 118 valence electrons. The Morgan fingerprint density at radius 3 is 2.62 bits per heavy atom. The Kier molecular flexibility index (Phi) is 5.31. The van der Waals surface area contributed by atoms with Crippen LogP contribution in [0.1, 0.15) is 19.8 Å². The molecule has 2 rings (SSSR count). The lowest BCUT2D eigenvalue weighted by atomic mass is 9.88. The summed E-state index contributed by atoms with van der Waals surface area (Å²) in [7, 11) is 3.26. The summed E-state index contributed by atoms with van der Waals surface area (Å²) in [6.45, 7) is 3.62. The third-order valence-corrected chi connectivity index (χ3v) is 4.21. The number of anilines is 1. The lowest BCUT2D eigenvalue weighted by Gasteiger charge is -2.39. The second-order valence-corrected chi connectivity index (χ2v) is 5.68. The van der Waals surface area contributed by atoms with Crippen LogP contribution in [0.3, 0.4) is 0 Å². The quantitative estimate of drug-likeness (QED) is 0.864. The van der Waals surface area contributed by atoms with Gasteiger partial charge in [0.15, 0.2) is 11.5 Å². The second-order valence-electron chi connectivity index (χ2n) is 5.68. The van der Waals surface area contributed by atoms with Gasteiger partial charge in [-0.1, -0.05) is 6.92 Å². The van der Waals surface area contributed by atoms with Gasteiger partial charge in [-0.2, -0.15) is 0 Å². The van der Waals surface area contributed by atoms with E-state index in [4.69, 9.17) is 15.2 Å². The minimum absolute atomic E-state index is 0.0815. The Morgan fingerprint density at radius 1 is 1.29 bits per heavy atom. The predicted octanol–water partition coefficient (Wildman–Crippen LogP) is 1.63. The first-order valence-electron chi connectivity index (χ1n) is 7.49. The van der Waals surface area contributed by atoms with Crippen molar-refractivity contribution in [2.45, 2.75) is 31.9 Å². The van der Waals surface area contributed by atoms with Crippen molar-refractivity contribution in [3.05, 3.63) is 18.2 Å². The van der Waals surface area contributed by atoms with Gasteiger partial charge < -0.3 is 25.2 Å². The molecule has 1 aliphatic rings. The number of nitrogens with two attached hydrogens (primary N) is 1. The third kappa shape index (κ3) is 3.60. The van der Waals surface area contributed by atoms with Gasteiger partial charge in [0, 0.05) is 36.8 Å². The number of aliphatic hydroxyl groups excluding tert-OH is 1. The molecule has 1 fully saturated rings. The SMILES string of the molecule is CCC(O)C1CC(N)CN(c2ccc(OC)c(OC)c2)C1. The summed E-state index contributed by atoms with van der Waals surface area (Å²) in [5, 5.41) is 10.1. The molecular formula is C16H26N2O3. The van der Waals surface area contributed by atoms with Crippen LogP contribution in [0.4, 0.5) is 5.69 Å². The number of benzene rings is 1. The van der Waals surface area contributed by atoms with Crippen LogP contribution in [0.5, 0.6) is 11.5 Å². The highest BCUT2D eigenvalue weighted by Crippen LogP contribution is 2.33. The van der Waals surface area contributed by atoms with Crippen molar-refractivity contribution in [3.8, 4) is 11.5 Å². The van der Waals surface area contributed by atoms with Crippen molar-refractivity contribution < 1.29 is 14.6 Å². The molecule has 5 heteroatoms. The minimum atomic E-state index is -0.293. The highest BCUT2D eigenvalue weighted by Gasteiger charge is 2.29. The summed E-state index contributed by atoms with van der Waals surface area (Å²) in [5.41, 5.74) is 7.22. The number of hydrogen-bond acceptors (Lipinski definition) is 5. The number of ether oxygens (including phenoxy) is 2. The van der Waals surface area contributed by atoms with Crippen molar-refractivity contribution >= 4 is 5.69 Å². The maximum Gasteiger partial charge on any atom is 0.162 e. The van der Waals surface area contributed by atoms with Crippen LogP contribution in [-0.2, 0) is 0 Å². The molecule has 1 aromatic rings. The van der Waals surface area contributed by atoms with Crippen LogP contribution >= 0.6 is 0 Å². The fraction of sp³-hybridized carbons (Fsp3) is 0.625. The third-order valence-electron chi connectivity index (χ3n) is 4.21. The van der Waals surface area contributed by atoms with Crippen molar-refractivity contribution in [1.29, 1.82) is 0 Å². The largest absolute Gasteiger partial charge is 0.493 e. The number of aliphatic hydroxyl groups is 1. The molecule has 0 spiro atoms. The fourth-order valence-electron chi connectivity index (χ4n) is 3.02. The van der Waals surface area contributed by atoms with Crippen LogP contribution in [-0.4, -0.2) is 44.6 Å². The molecule has 21 heavy (non-hydrogen) atoms. The van der Waals surface area contributed by atoms with Crippen LogP contribution in [0.25, 0.3) is 0 Å². The Bertz CT molecular complexity index is 467. The van der Waals surface area contributed by atoms with E-state index in [9.17, 15) is 5.11 Å². The topological polar surface area (TPSA) is 68.0 Å². The molecule has 5 nitrogen and oxygen atoms in total. The van der Waals surface area contributed by atoms with E-state index in [1.54, 1.807) is 14.2 Å². The van der Waals surface area contributed by atoms with Gasteiger partial charge in [-0.3, -0.25) is 0 Å². The molecule has 0 aromatic heterocycles. The Hall–Kier alpha value is -1.46. The zero-order valence-corrected chi connectivity index (χ0v) is 13.1. The van der Waals surface area contributed by atoms with Crippen LogP contribution in [0.2, 0.25) is 0 Å². The predicted molar refractivity (Wildman–Crippen MR) is 84.1 cm³/mol. The van der Waals surface area contributed by atoms with Gasteiger partial charge in [-0.25, -0.2) is 0 Å². The Labute approximate surface area is 126 Å². The molecule has 0 radical (unpaired) electrons. The molecule has 1 heterocycles. The van der Waals surface area contributed by atoms with Crippen molar-refractivity contribution in [1.82, 2.24) is 0 Å². The van der Waals surface area contributed by atoms with Crippen LogP contribution < -0.4 is 20.1 Å². The molecule has 3 N–H and O–H groups in total. The van der Waals surface area contributed by atoms with Gasteiger partial charge in [-0.15, -0.1) is 0 Å². The standard InChI is InChI=1S/C16H26N2O3/c1-4-14(19)11-7-12(17)10-18(9-11)13-5-6-15(20-2)16(8-13)21-3/h5-6,8,11-12,14,19H,4,7,9-10,17H2,1-3H3. The zero-order chi connectivity index (χ0) is 15.4. The average Bonchev–Trinajstić information content (AvgIpc) is 2.52. The number of hydrogen-bond donors (Lipinski definition) is 2. The summed E-state index contributed by atoms with van der Waals surface area (Å²) in [6.07, 6.45) is 1.34. The summed E-state index contributed by atoms with van der Waals surface area (Å²) >= 11 is 0. The van der Waals surface area contributed by atoms with E-state index in [1.807, 2.05) is 25.1 Å². The van der Waals surface area contributed by atoms with Gasteiger partial charge >= 0.3 is 0 Å². The summed E-state index contributed by atoms with van der Waals surface area (Å²) in [5.74, 6) is 1.64. The Balaban J connectivity index is 2.20. The molecule has 3 unspecified atom stereocenters. The highest BCUT2D eigenvalue weighted by atomic mass is 16.5.